The van der Waals surface area contributed by atoms with Crippen molar-refractivity contribution < 1.29 is 27.4 Å². The number of hydrazone groups is 1. The maximum absolute atomic E-state index is 12.7. The van der Waals surface area contributed by atoms with E-state index < -0.39 is 15.7 Å². The number of amides is 1. The minimum Gasteiger partial charge on any atom is -0.493 e. The smallest absolute Gasteiger partial charge is 0.283 e. The van der Waals surface area contributed by atoms with Gasteiger partial charge in [0.15, 0.2) is 17.3 Å². The van der Waals surface area contributed by atoms with Gasteiger partial charge >= 0.3 is 0 Å². The minimum absolute atomic E-state index is 0.0163. The van der Waals surface area contributed by atoms with Gasteiger partial charge in [-0.25, -0.2) is 8.42 Å². The summed E-state index contributed by atoms with van der Waals surface area (Å²) in [5.74, 6) is 0.801. The van der Waals surface area contributed by atoms with Crippen LogP contribution < -0.4 is 14.2 Å². The first-order chi connectivity index (χ1) is 17.8. The summed E-state index contributed by atoms with van der Waals surface area (Å²) in [6.07, 6.45) is 2.17. The van der Waals surface area contributed by atoms with Crippen LogP contribution in [0.2, 0.25) is 0 Å². The number of rotatable bonds is 10. The highest BCUT2D eigenvalue weighted by molar-refractivity contribution is 8.42. The molecule has 0 fully saturated rings. The van der Waals surface area contributed by atoms with Crippen LogP contribution in [0, 0.1) is 5.41 Å². The molecule has 1 N–H and O–H groups in total. The predicted octanol–water partition coefficient (Wildman–Crippen LogP) is 3.94. The van der Waals surface area contributed by atoms with E-state index in [1.54, 1.807) is 18.2 Å². The first-order valence-corrected chi connectivity index (χ1v) is 14.1. The number of thioether (sulfide) groups is 1. The molecule has 0 atom stereocenters. The number of hydrogen-bond donors (Lipinski definition) is 1. The van der Waals surface area contributed by atoms with Crippen molar-refractivity contribution in [3.63, 3.8) is 0 Å². The first kappa shape index (κ1) is 26.4. The average Bonchev–Trinajstić information content (AvgIpc) is 3.33. The Morgan fingerprint density at radius 1 is 1.03 bits per heavy atom. The number of sulfone groups is 1. The molecule has 0 radical (unpaired) electrons. The van der Waals surface area contributed by atoms with Gasteiger partial charge in [0, 0.05) is 6.42 Å². The lowest BCUT2D eigenvalue weighted by Gasteiger charge is -2.20. The van der Waals surface area contributed by atoms with E-state index in [0.29, 0.717) is 43.3 Å². The molecule has 0 saturated carbocycles. The number of benzene rings is 2. The largest absolute Gasteiger partial charge is 0.493 e. The number of para-hydroxylation sites is 1. The SMILES string of the molecule is CCOc1cc(/C=C2\C(=N)N3N=C(S(=O)(=O)CC)SC3=NC2=O)ccc1OCCCOc1ccccc1. The Morgan fingerprint density at radius 3 is 2.51 bits per heavy atom. The summed E-state index contributed by atoms with van der Waals surface area (Å²) in [4.78, 5) is 16.6. The van der Waals surface area contributed by atoms with Gasteiger partial charge in [-0.15, -0.1) is 5.10 Å². The molecule has 0 aliphatic carbocycles. The number of amidine groups is 2. The fourth-order valence-corrected chi connectivity index (χ4v) is 5.50. The standard InChI is InChI=1S/C25H26N4O6S2/c1-3-33-21-16-17(11-12-20(21)35-14-8-13-34-18-9-6-5-7-10-18)15-19-22(26)29-24(27-23(19)30)36-25(28-29)37(31,32)4-2/h5-7,9-12,15-16,26H,3-4,8,13-14H2,1-2H3/b19-15+,26-22?. The van der Waals surface area contributed by atoms with Crippen molar-refractivity contribution in [2.75, 3.05) is 25.6 Å². The molecule has 37 heavy (non-hydrogen) atoms. The highest BCUT2D eigenvalue weighted by Crippen LogP contribution is 2.32. The van der Waals surface area contributed by atoms with Gasteiger partial charge < -0.3 is 14.2 Å². The second-order valence-electron chi connectivity index (χ2n) is 7.79. The van der Waals surface area contributed by atoms with Crippen molar-refractivity contribution >= 4 is 49.0 Å². The third kappa shape index (κ3) is 6.20. The second kappa shape index (κ2) is 11.6. The molecule has 12 heteroatoms. The highest BCUT2D eigenvalue weighted by atomic mass is 32.3. The quantitative estimate of drug-likeness (QED) is 0.353. The fraction of sp³-hybridized carbons (Fsp3) is 0.280. The van der Waals surface area contributed by atoms with Gasteiger partial charge in [-0.3, -0.25) is 10.2 Å². The van der Waals surface area contributed by atoms with Crippen LogP contribution in [0.15, 0.2) is 64.2 Å². The molecule has 0 saturated heterocycles. The summed E-state index contributed by atoms with van der Waals surface area (Å²) in [5, 5.41) is 13.6. The van der Waals surface area contributed by atoms with Gasteiger partial charge in [-0.1, -0.05) is 31.2 Å². The van der Waals surface area contributed by atoms with E-state index in [2.05, 4.69) is 10.1 Å². The molecule has 2 aromatic rings. The van der Waals surface area contributed by atoms with Crippen LogP contribution >= 0.6 is 11.8 Å². The number of carbonyl (C=O) groups excluding carboxylic acids is 1. The molecule has 2 aromatic carbocycles. The molecule has 0 aromatic heterocycles. The lowest BCUT2D eigenvalue weighted by molar-refractivity contribution is -0.114. The molecular weight excluding hydrogens is 516 g/mol. The molecule has 2 heterocycles. The van der Waals surface area contributed by atoms with E-state index in [1.807, 2.05) is 37.3 Å². The van der Waals surface area contributed by atoms with Crippen LogP contribution in [0.25, 0.3) is 6.08 Å². The number of nitrogens with one attached hydrogen (secondary N) is 1. The van der Waals surface area contributed by atoms with E-state index in [0.717, 1.165) is 22.5 Å². The molecule has 2 aliphatic heterocycles. The number of aliphatic imine (C=N–C) groups is 1. The molecule has 10 nitrogen and oxygen atoms in total. The van der Waals surface area contributed by atoms with Crippen molar-refractivity contribution in [1.29, 1.82) is 5.41 Å². The van der Waals surface area contributed by atoms with Gasteiger partial charge in [0.05, 0.1) is 31.1 Å². The molecule has 194 valence electrons. The van der Waals surface area contributed by atoms with Crippen LogP contribution in [-0.4, -0.2) is 60.3 Å². The lowest BCUT2D eigenvalue weighted by atomic mass is 10.1. The number of carbonyl (C=O) groups is 1. The lowest BCUT2D eigenvalue weighted by Crippen LogP contribution is -2.35. The Kier molecular flexibility index (Phi) is 8.29. The summed E-state index contributed by atoms with van der Waals surface area (Å²) in [7, 11) is -3.59. The monoisotopic (exact) mass is 542 g/mol. The Bertz CT molecular complexity index is 1390. The Hall–Kier alpha value is -3.64. The van der Waals surface area contributed by atoms with Crippen molar-refractivity contribution in [2.45, 2.75) is 20.3 Å². The zero-order chi connectivity index (χ0) is 26.4. The first-order valence-electron chi connectivity index (χ1n) is 11.6. The van der Waals surface area contributed by atoms with E-state index >= 15 is 0 Å². The molecule has 1 amide bonds. The van der Waals surface area contributed by atoms with E-state index in [4.69, 9.17) is 19.6 Å². The van der Waals surface area contributed by atoms with Crippen LogP contribution in [-0.2, 0) is 14.6 Å². The number of ether oxygens (including phenoxy) is 3. The average molecular weight is 543 g/mol. The number of nitrogens with zero attached hydrogens (tertiary/aromatic N) is 3. The molecule has 4 rings (SSSR count). The van der Waals surface area contributed by atoms with Crippen LogP contribution in [0.3, 0.4) is 0 Å². The normalized spacial score (nSPS) is 16.4. The molecule has 2 aliphatic rings. The molecule has 0 bridgehead atoms. The summed E-state index contributed by atoms with van der Waals surface area (Å²) in [6, 6.07) is 14.7. The topological polar surface area (TPSA) is 131 Å². The molecular formula is C25H26N4O6S2. The third-order valence-electron chi connectivity index (χ3n) is 5.22. The number of fused-ring (bicyclic) bond motifs is 1. The van der Waals surface area contributed by atoms with Gasteiger partial charge in [0.2, 0.25) is 19.4 Å². The summed E-state index contributed by atoms with van der Waals surface area (Å²) < 4.78 is 41.5. The highest BCUT2D eigenvalue weighted by Gasteiger charge is 2.39. The van der Waals surface area contributed by atoms with E-state index in [9.17, 15) is 13.2 Å². The number of hydrogen-bond acceptors (Lipinski definition) is 9. The third-order valence-corrected chi connectivity index (χ3v) is 8.31. The Labute approximate surface area is 219 Å². The van der Waals surface area contributed by atoms with Crippen molar-refractivity contribution in [3.05, 3.63) is 59.7 Å². The van der Waals surface area contributed by atoms with E-state index in [-0.39, 0.29) is 26.7 Å². The van der Waals surface area contributed by atoms with Gasteiger partial charge in [0.1, 0.15) is 5.75 Å². The van der Waals surface area contributed by atoms with Crippen LogP contribution in [0.5, 0.6) is 17.2 Å². The summed E-state index contributed by atoms with van der Waals surface area (Å²) >= 11 is 0.766. The summed E-state index contributed by atoms with van der Waals surface area (Å²) in [5.41, 5.74) is 0.574. The molecule has 0 unspecified atom stereocenters. The van der Waals surface area contributed by atoms with Crippen LogP contribution in [0.1, 0.15) is 25.8 Å². The maximum Gasteiger partial charge on any atom is 0.283 e. The predicted molar refractivity (Wildman–Crippen MR) is 144 cm³/mol. The van der Waals surface area contributed by atoms with E-state index in [1.165, 1.54) is 13.0 Å². The Morgan fingerprint density at radius 2 is 1.78 bits per heavy atom. The fourth-order valence-electron chi connectivity index (χ4n) is 3.34. The van der Waals surface area contributed by atoms with Crippen molar-refractivity contribution in [2.24, 2.45) is 10.1 Å². The van der Waals surface area contributed by atoms with Crippen molar-refractivity contribution in [3.8, 4) is 17.2 Å². The molecule has 0 spiro atoms. The minimum atomic E-state index is -3.59. The zero-order valence-electron chi connectivity index (χ0n) is 20.3. The Balaban J connectivity index is 1.46. The van der Waals surface area contributed by atoms with Gasteiger partial charge in [-0.2, -0.15) is 10.0 Å². The zero-order valence-corrected chi connectivity index (χ0v) is 22.0. The van der Waals surface area contributed by atoms with Crippen LogP contribution in [0.4, 0.5) is 0 Å². The van der Waals surface area contributed by atoms with Crippen molar-refractivity contribution in [1.82, 2.24) is 5.01 Å². The summed E-state index contributed by atoms with van der Waals surface area (Å²) in [6.45, 7) is 4.68. The van der Waals surface area contributed by atoms with Gasteiger partial charge in [-0.05, 0) is 54.6 Å². The maximum atomic E-state index is 12.7. The second-order valence-corrected chi connectivity index (χ2v) is 11.2. The van der Waals surface area contributed by atoms with Gasteiger partial charge in [0.25, 0.3) is 5.91 Å².